The Balaban J connectivity index is 2.44. The van der Waals surface area contributed by atoms with Crippen molar-refractivity contribution in [3.8, 4) is 5.75 Å². The maximum absolute atomic E-state index is 9.79. The highest BCUT2D eigenvalue weighted by atomic mass is 35.5. The molecule has 1 aromatic carbocycles. The van der Waals surface area contributed by atoms with E-state index < -0.39 is 0 Å². The molecule has 3 heteroatoms. The summed E-state index contributed by atoms with van der Waals surface area (Å²) in [5.41, 5.74) is 2.03. The van der Waals surface area contributed by atoms with Gasteiger partial charge in [0.15, 0.2) is 0 Å². The standard InChI is InChI=1S/C11H14ClNO/c1-7-9(12)2-3-10(14)11(7)8-4-5-13-6-8/h2-3,8,13-14H,4-6H2,1H3. The van der Waals surface area contributed by atoms with Gasteiger partial charge in [-0.15, -0.1) is 0 Å². The number of phenolic OH excluding ortho intramolecular Hbond substituents is 1. The summed E-state index contributed by atoms with van der Waals surface area (Å²) in [5.74, 6) is 0.786. The summed E-state index contributed by atoms with van der Waals surface area (Å²) >= 11 is 6.03. The lowest BCUT2D eigenvalue weighted by molar-refractivity contribution is 0.462. The monoisotopic (exact) mass is 211 g/mol. The van der Waals surface area contributed by atoms with E-state index in [0.717, 1.165) is 35.7 Å². The minimum Gasteiger partial charge on any atom is -0.508 e. The first-order chi connectivity index (χ1) is 6.70. The molecular formula is C11H14ClNO. The third kappa shape index (κ3) is 1.60. The van der Waals surface area contributed by atoms with Crippen LogP contribution < -0.4 is 5.32 Å². The van der Waals surface area contributed by atoms with Crippen LogP contribution in [0.5, 0.6) is 5.75 Å². The first kappa shape index (κ1) is 9.81. The summed E-state index contributed by atoms with van der Waals surface area (Å²) in [6, 6.07) is 3.43. The molecule has 0 aliphatic carbocycles. The molecule has 0 spiro atoms. The Morgan fingerprint density at radius 1 is 1.50 bits per heavy atom. The summed E-state index contributed by atoms with van der Waals surface area (Å²) in [4.78, 5) is 0. The molecule has 0 bridgehead atoms. The van der Waals surface area contributed by atoms with Crippen molar-refractivity contribution in [3.05, 3.63) is 28.3 Å². The van der Waals surface area contributed by atoms with Crippen molar-refractivity contribution < 1.29 is 5.11 Å². The molecule has 1 fully saturated rings. The minimum atomic E-state index is 0.376. The Morgan fingerprint density at radius 3 is 2.93 bits per heavy atom. The smallest absolute Gasteiger partial charge is 0.119 e. The van der Waals surface area contributed by atoms with E-state index in [0.29, 0.717) is 11.7 Å². The van der Waals surface area contributed by atoms with Crippen molar-refractivity contribution in [3.63, 3.8) is 0 Å². The Labute approximate surface area is 88.9 Å². The molecule has 0 saturated carbocycles. The number of rotatable bonds is 1. The number of nitrogens with one attached hydrogen (secondary N) is 1. The van der Waals surface area contributed by atoms with E-state index in [1.54, 1.807) is 12.1 Å². The van der Waals surface area contributed by atoms with Crippen molar-refractivity contribution in [2.45, 2.75) is 19.3 Å². The fraction of sp³-hybridized carbons (Fsp3) is 0.455. The Bertz CT molecular complexity index is 345. The van der Waals surface area contributed by atoms with Gasteiger partial charge < -0.3 is 10.4 Å². The van der Waals surface area contributed by atoms with Crippen LogP contribution in [0.4, 0.5) is 0 Å². The lowest BCUT2D eigenvalue weighted by atomic mass is 9.93. The lowest BCUT2D eigenvalue weighted by Gasteiger charge is -2.15. The second-order valence-electron chi connectivity index (χ2n) is 3.79. The molecule has 0 amide bonds. The van der Waals surface area contributed by atoms with Crippen molar-refractivity contribution in [1.29, 1.82) is 0 Å². The van der Waals surface area contributed by atoms with Gasteiger partial charge in [0.05, 0.1) is 0 Å². The summed E-state index contributed by atoms with van der Waals surface area (Å²) in [6.07, 6.45) is 1.08. The highest BCUT2D eigenvalue weighted by molar-refractivity contribution is 6.31. The summed E-state index contributed by atoms with van der Waals surface area (Å²) in [6.45, 7) is 3.93. The maximum Gasteiger partial charge on any atom is 0.119 e. The predicted octanol–water partition coefficient (Wildman–Crippen LogP) is 2.43. The number of hydrogen-bond acceptors (Lipinski definition) is 2. The average molecular weight is 212 g/mol. The summed E-state index contributed by atoms with van der Waals surface area (Å²) in [7, 11) is 0. The van der Waals surface area contributed by atoms with E-state index in [2.05, 4.69) is 5.32 Å². The Hall–Kier alpha value is -0.730. The van der Waals surface area contributed by atoms with E-state index in [1.807, 2.05) is 6.92 Å². The summed E-state index contributed by atoms with van der Waals surface area (Å²) in [5, 5.41) is 13.8. The van der Waals surface area contributed by atoms with E-state index >= 15 is 0 Å². The van der Waals surface area contributed by atoms with Gasteiger partial charge in [0.25, 0.3) is 0 Å². The first-order valence-corrected chi connectivity index (χ1v) is 5.26. The third-order valence-electron chi connectivity index (χ3n) is 2.89. The Kier molecular flexibility index (Phi) is 2.66. The molecule has 2 rings (SSSR count). The first-order valence-electron chi connectivity index (χ1n) is 4.89. The zero-order valence-corrected chi connectivity index (χ0v) is 8.93. The fourth-order valence-electron chi connectivity index (χ4n) is 2.10. The van der Waals surface area contributed by atoms with E-state index in [4.69, 9.17) is 11.6 Å². The molecule has 1 unspecified atom stereocenters. The van der Waals surface area contributed by atoms with Crippen LogP contribution >= 0.6 is 11.6 Å². The second-order valence-corrected chi connectivity index (χ2v) is 4.20. The van der Waals surface area contributed by atoms with Crippen molar-refractivity contribution in [1.82, 2.24) is 5.32 Å². The number of halogens is 1. The molecule has 1 aliphatic heterocycles. The highest BCUT2D eigenvalue weighted by Crippen LogP contribution is 2.35. The number of phenols is 1. The molecule has 76 valence electrons. The molecule has 0 radical (unpaired) electrons. The third-order valence-corrected chi connectivity index (χ3v) is 3.30. The highest BCUT2D eigenvalue weighted by Gasteiger charge is 2.22. The molecule has 1 heterocycles. The molecule has 1 saturated heterocycles. The number of hydrogen-bond donors (Lipinski definition) is 2. The predicted molar refractivity (Wildman–Crippen MR) is 58.1 cm³/mol. The number of aromatic hydroxyl groups is 1. The molecule has 2 nitrogen and oxygen atoms in total. The zero-order chi connectivity index (χ0) is 10.1. The van der Waals surface area contributed by atoms with Gasteiger partial charge in [-0.25, -0.2) is 0 Å². The zero-order valence-electron chi connectivity index (χ0n) is 8.18. The van der Waals surface area contributed by atoms with Crippen molar-refractivity contribution in [2.24, 2.45) is 0 Å². The van der Waals surface area contributed by atoms with E-state index in [-0.39, 0.29) is 0 Å². The molecule has 2 N–H and O–H groups in total. The van der Waals surface area contributed by atoms with Crippen LogP contribution in [0.2, 0.25) is 5.02 Å². The van der Waals surface area contributed by atoms with Crippen molar-refractivity contribution >= 4 is 11.6 Å². The maximum atomic E-state index is 9.79. The fourth-order valence-corrected chi connectivity index (χ4v) is 2.27. The van der Waals surface area contributed by atoms with Crippen molar-refractivity contribution in [2.75, 3.05) is 13.1 Å². The quantitative estimate of drug-likeness (QED) is 0.748. The van der Waals surface area contributed by atoms with Gasteiger partial charge in [-0.05, 0) is 37.6 Å². The van der Waals surface area contributed by atoms with Gasteiger partial charge in [-0.3, -0.25) is 0 Å². The number of benzene rings is 1. The van der Waals surface area contributed by atoms with E-state index in [9.17, 15) is 5.11 Å². The molecule has 1 aliphatic rings. The molecular weight excluding hydrogens is 198 g/mol. The average Bonchev–Trinajstić information content (AvgIpc) is 2.65. The van der Waals surface area contributed by atoms with Gasteiger partial charge in [-0.1, -0.05) is 11.6 Å². The van der Waals surface area contributed by atoms with Crippen LogP contribution in [0.25, 0.3) is 0 Å². The van der Waals surface area contributed by atoms with Gasteiger partial charge in [-0.2, -0.15) is 0 Å². The van der Waals surface area contributed by atoms with Crippen LogP contribution in [0.1, 0.15) is 23.5 Å². The molecule has 1 atom stereocenters. The van der Waals surface area contributed by atoms with Gasteiger partial charge in [0.2, 0.25) is 0 Å². The van der Waals surface area contributed by atoms with Crippen LogP contribution in [-0.2, 0) is 0 Å². The van der Waals surface area contributed by atoms with Gasteiger partial charge >= 0.3 is 0 Å². The van der Waals surface area contributed by atoms with Crippen LogP contribution in [0.15, 0.2) is 12.1 Å². The topological polar surface area (TPSA) is 32.3 Å². The minimum absolute atomic E-state index is 0.376. The molecule has 0 aromatic heterocycles. The van der Waals surface area contributed by atoms with Gasteiger partial charge in [0, 0.05) is 23.0 Å². The molecule has 14 heavy (non-hydrogen) atoms. The van der Waals surface area contributed by atoms with E-state index in [1.165, 1.54) is 0 Å². The second kappa shape index (κ2) is 3.79. The summed E-state index contributed by atoms with van der Waals surface area (Å²) < 4.78 is 0. The van der Waals surface area contributed by atoms with Crippen LogP contribution in [0.3, 0.4) is 0 Å². The normalized spacial score (nSPS) is 21.4. The largest absolute Gasteiger partial charge is 0.508 e. The SMILES string of the molecule is Cc1c(Cl)ccc(O)c1C1CCNC1. The lowest BCUT2D eigenvalue weighted by Crippen LogP contribution is -2.09. The van der Waals surface area contributed by atoms with Gasteiger partial charge in [0.1, 0.15) is 5.75 Å². The van der Waals surface area contributed by atoms with Crippen LogP contribution in [0, 0.1) is 6.92 Å². The Morgan fingerprint density at radius 2 is 2.29 bits per heavy atom. The van der Waals surface area contributed by atoms with Crippen LogP contribution in [-0.4, -0.2) is 18.2 Å². The molecule has 1 aromatic rings.